The van der Waals surface area contributed by atoms with Crippen LogP contribution in [0.1, 0.15) is 38.3 Å². The number of hydrogen-bond acceptors (Lipinski definition) is 3. The highest BCUT2D eigenvalue weighted by Crippen LogP contribution is 2.32. The summed E-state index contributed by atoms with van der Waals surface area (Å²) >= 11 is 0. The van der Waals surface area contributed by atoms with Gasteiger partial charge in [0.2, 0.25) is 0 Å². The largest absolute Gasteiger partial charge is 0.466 e. The number of methoxy groups -OCH3 is 1. The summed E-state index contributed by atoms with van der Waals surface area (Å²) in [6.07, 6.45) is 1.66. The summed E-state index contributed by atoms with van der Waals surface area (Å²) < 4.78 is 31.5. The van der Waals surface area contributed by atoms with Crippen LogP contribution in [-0.2, 0) is 9.53 Å². The van der Waals surface area contributed by atoms with Crippen LogP contribution in [0.25, 0.3) is 0 Å². The second-order valence-electron chi connectivity index (χ2n) is 5.55. The molecule has 1 aromatic carbocycles. The van der Waals surface area contributed by atoms with Gasteiger partial charge >= 0.3 is 12.0 Å². The van der Waals surface area contributed by atoms with Crippen molar-refractivity contribution in [2.24, 2.45) is 0 Å². The molecular weight excluding hydrogens is 318 g/mol. The molecule has 0 radical (unpaired) electrons. The lowest BCUT2D eigenvalue weighted by Crippen LogP contribution is -2.48. The van der Waals surface area contributed by atoms with Crippen LogP contribution < -0.4 is 5.32 Å². The fourth-order valence-electron chi connectivity index (χ4n) is 2.68. The molecule has 0 saturated carbocycles. The predicted octanol–water partition coefficient (Wildman–Crippen LogP) is 3.28. The molecule has 1 aromatic rings. The van der Waals surface area contributed by atoms with Crippen LogP contribution in [0, 0.1) is 11.6 Å². The fourth-order valence-corrected chi connectivity index (χ4v) is 2.68. The molecule has 1 aliphatic rings. The van der Waals surface area contributed by atoms with E-state index in [-0.39, 0.29) is 17.2 Å². The zero-order chi connectivity index (χ0) is 17.9. The number of hydrogen-bond donors (Lipinski definition) is 1. The Bertz CT molecular complexity index is 688. The summed E-state index contributed by atoms with van der Waals surface area (Å²) in [5.74, 6) is -2.66. The van der Waals surface area contributed by atoms with Crippen molar-refractivity contribution in [3.8, 4) is 0 Å². The number of esters is 1. The summed E-state index contributed by atoms with van der Waals surface area (Å²) in [6, 6.07) is 1.99. The summed E-state index contributed by atoms with van der Waals surface area (Å²) in [5, 5.41) is 2.67. The molecule has 1 unspecified atom stereocenters. The molecule has 0 fully saturated rings. The quantitative estimate of drug-likeness (QED) is 0.838. The van der Waals surface area contributed by atoms with Gasteiger partial charge in [0.1, 0.15) is 0 Å². The zero-order valence-electron chi connectivity index (χ0n) is 13.9. The molecule has 130 valence electrons. The van der Waals surface area contributed by atoms with Gasteiger partial charge in [-0.3, -0.25) is 4.90 Å². The molecule has 1 N–H and O–H groups in total. The second-order valence-corrected chi connectivity index (χ2v) is 5.55. The van der Waals surface area contributed by atoms with Gasteiger partial charge in [-0.15, -0.1) is 0 Å². The van der Waals surface area contributed by atoms with Crippen LogP contribution in [0.5, 0.6) is 0 Å². The number of urea groups is 1. The van der Waals surface area contributed by atoms with E-state index in [1.54, 1.807) is 6.92 Å². The summed E-state index contributed by atoms with van der Waals surface area (Å²) in [7, 11) is 1.23. The van der Waals surface area contributed by atoms with Crippen LogP contribution >= 0.6 is 0 Å². The van der Waals surface area contributed by atoms with Gasteiger partial charge in [0.15, 0.2) is 11.6 Å². The highest BCUT2D eigenvalue weighted by Gasteiger charge is 2.36. The molecule has 1 aliphatic heterocycles. The van der Waals surface area contributed by atoms with E-state index in [2.05, 4.69) is 5.32 Å². The van der Waals surface area contributed by atoms with Gasteiger partial charge in [-0.25, -0.2) is 18.4 Å². The van der Waals surface area contributed by atoms with Crippen LogP contribution in [0.15, 0.2) is 29.5 Å². The standard InChI is InChI=1S/C17H20F2N2O3/c1-4-5-8-21-10(2)14(16(22)24-3)15(20-17(21)23)11-6-7-12(18)13(19)9-11/h6-7,9,15H,4-5,8H2,1-3H3,(H,20,23). The first kappa shape index (κ1) is 17.9. The molecule has 2 amide bonds. The topological polar surface area (TPSA) is 58.6 Å². The third-order valence-electron chi connectivity index (χ3n) is 4.01. The number of rotatable bonds is 5. The van der Waals surface area contributed by atoms with E-state index >= 15 is 0 Å². The molecule has 7 heteroatoms. The molecule has 5 nitrogen and oxygen atoms in total. The van der Waals surface area contributed by atoms with Crippen molar-refractivity contribution in [2.45, 2.75) is 32.7 Å². The van der Waals surface area contributed by atoms with E-state index in [9.17, 15) is 18.4 Å². The summed E-state index contributed by atoms with van der Waals surface area (Å²) in [6.45, 7) is 4.10. The molecule has 2 rings (SSSR count). The third-order valence-corrected chi connectivity index (χ3v) is 4.01. The first-order chi connectivity index (χ1) is 11.4. The lowest BCUT2D eigenvalue weighted by atomic mass is 9.94. The Morgan fingerprint density at radius 3 is 2.62 bits per heavy atom. The number of nitrogens with zero attached hydrogens (tertiary/aromatic N) is 1. The second kappa shape index (κ2) is 7.42. The average molecular weight is 338 g/mol. The van der Waals surface area contributed by atoms with Crippen molar-refractivity contribution in [3.05, 3.63) is 46.7 Å². The Balaban J connectivity index is 2.50. The fraction of sp³-hybridized carbons (Fsp3) is 0.412. The van der Waals surface area contributed by atoms with Crippen LogP contribution in [0.3, 0.4) is 0 Å². The van der Waals surface area contributed by atoms with Crippen molar-refractivity contribution in [3.63, 3.8) is 0 Å². The van der Waals surface area contributed by atoms with Gasteiger partial charge in [-0.2, -0.15) is 0 Å². The average Bonchev–Trinajstić information content (AvgIpc) is 2.56. The lowest BCUT2D eigenvalue weighted by molar-refractivity contribution is -0.136. The maximum absolute atomic E-state index is 13.6. The van der Waals surface area contributed by atoms with E-state index in [0.717, 1.165) is 25.0 Å². The van der Waals surface area contributed by atoms with E-state index in [4.69, 9.17) is 4.74 Å². The molecule has 0 bridgehead atoms. The van der Waals surface area contributed by atoms with Crippen molar-refractivity contribution in [1.82, 2.24) is 10.2 Å². The predicted molar refractivity (Wildman–Crippen MR) is 84.0 cm³/mol. The van der Waals surface area contributed by atoms with E-state index in [1.165, 1.54) is 18.1 Å². The number of ether oxygens (including phenoxy) is 1. The Morgan fingerprint density at radius 2 is 2.04 bits per heavy atom. The number of halogens is 2. The molecule has 24 heavy (non-hydrogen) atoms. The highest BCUT2D eigenvalue weighted by atomic mass is 19.2. The minimum Gasteiger partial charge on any atom is -0.466 e. The molecule has 1 heterocycles. The van der Waals surface area contributed by atoms with E-state index in [1.807, 2.05) is 6.92 Å². The molecule has 1 atom stereocenters. The Morgan fingerprint density at radius 1 is 1.33 bits per heavy atom. The van der Waals surface area contributed by atoms with Crippen molar-refractivity contribution in [2.75, 3.05) is 13.7 Å². The van der Waals surface area contributed by atoms with Gasteiger partial charge in [-0.05, 0) is 31.0 Å². The number of allylic oxidation sites excluding steroid dienone is 1. The molecule has 0 saturated heterocycles. The highest BCUT2D eigenvalue weighted by molar-refractivity contribution is 5.94. The summed E-state index contributed by atoms with van der Waals surface area (Å²) in [4.78, 5) is 26.0. The van der Waals surface area contributed by atoms with Crippen molar-refractivity contribution < 1.29 is 23.1 Å². The van der Waals surface area contributed by atoms with Gasteiger partial charge in [-0.1, -0.05) is 19.4 Å². The van der Waals surface area contributed by atoms with Gasteiger partial charge in [0.25, 0.3) is 0 Å². The van der Waals surface area contributed by atoms with Crippen LogP contribution in [0.4, 0.5) is 13.6 Å². The van der Waals surface area contributed by atoms with Crippen LogP contribution in [-0.4, -0.2) is 30.6 Å². The zero-order valence-corrected chi connectivity index (χ0v) is 13.9. The first-order valence-electron chi connectivity index (χ1n) is 7.72. The van der Waals surface area contributed by atoms with Crippen LogP contribution in [0.2, 0.25) is 0 Å². The first-order valence-corrected chi connectivity index (χ1v) is 7.72. The Kier molecular flexibility index (Phi) is 5.54. The Labute approximate surface area is 139 Å². The molecule has 0 aliphatic carbocycles. The summed E-state index contributed by atoms with van der Waals surface area (Å²) in [5.41, 5.74) is 0.935. The van der Waals surface area contributed by atoms with Gasteiger partial charge < -0.3 is 10.1 Å². The maximum Gasteiger partial charge on any atom is 0.337 e. The number of amides is 2. The lowest BCUT2D eigenvalue weighted by Gasteiger charge is -2.35. The third kappa shape index (κ3) is 3.39. The molecule has 0 spiro atoms. The van der Waals surface area contributed by atoms with Crippen molar-refractivity contribution in [1.29, 1.82) is 0 Å². The number of nitrogens with one attached hydrogen (secondary N) is 1. The van der Waals surface area contributed by atoms with E-state index < -0.39 is 23.6 Å². The number of benzene rings is 1. The number of unbranched alkanes of at least 4 members (excludes halogenated alkanes) is 1. The van der Waals surface area contributed by atoms with E-state index in [0.29, 0.717) is 12.2 Å². The number of carbonyl (C=O) groups excluding carboxylic acids is 2. The van der Waals surface area contributed by atoms with Gasteiger partial charge in [0.05, 0.1) is 18.7 Å². The normalized spacial score (nSPS) is 17.8. The molecule has 0 aromatic heterocycles. The maximum atomic E-state index is 13.6. The smallest absolute Gasteiger partial charge is 0.337 e. The Hall–Kier alpha value is -2.44. The monoisotopic (exact) mass is 338 g/mol. The molecular formula is C17H20F2N2O3. The van der Waals surface area contributed by atoms with Gasteiger partial charge in [0, 0.05) is 12.2 Å². The number of carbonyl (C=O) groups is 2. The minimum absolute atomic E-state index is 0.208. The SMILES string of the molecule is CCCCN1C(=O)NC(c2ccc(F)c(F)c2)C(C(=O)OC)=C1C. The minimum atomic E-state index is -1.04. The van der Waals surface area contributed by atoms with Crippen molar-refractivity contribution >= 4 is 12.0 Å².